The van der Waals surface area contributed by atoms with Gasteiger partial charge >= 0.3 is 6.03 Å². The van der Waals surface area contributed by atoms with Crippen molar-refractivity contribution in [2.45, 2.75) is 32.7 Å². The van der Waals surface area contributed by atoms with Gasteiger partial charge in [0, 0.05) is 43.5 Å². The molecule has 4 rings (SSSR count). The molecule has 2 fully saturated rings. The minimum Gasteiger partial charge on any atom is -0.353 e. The van der Waals surface area contributed by atoms with E-state index in [2.05, 4.69) is 33.5 Å². The molecule has 168 valence electrons. The highest BCUT2D eigenvalue weighted by Gasteiger charge is 2.45. The van der Waals surface area contributed by atoms with Crippen LogP contribution in [0.3, 0.4) is 0 Å². The lowest BCUT2D eigenvalue weighted by atomic mass is 9.91. The average Bonchev–Trinajstić information content (AvgIpc) is 3.04. The monoisotopic (exact) mass is 439 g/mol. The number of anilines is 1. The van der Waals surface area contributed by atoms with Crippen molar-refractivity contribution in [3.8, 4) is 0 Å². The number of hydrogen-bond donors (Lipinski definition) is 2. The molecule has 2 saturated heterocycles. The first kappa shape index (κ1) is 21.7. The molecule has 32 heavy (non-hydrogen) atoms. The number of imide groups is 1. The van der Waals surface area contributed by atoms with E-state index in [1.165, 1.54) is 24.6 Å². The van der Waals surface area contributed by atoms with Crippen LogP contribution < -0.4 is 15.5 Å². The summed E-state index contributed by atoms with van der Waals surface area (Å²) in [5.74, 6) is -0.696. The van der Waals surface area contributed by atoms with E-state index in [0.29, 0.717) is 26.2 Å². The van der Waals surface area contributed by atoms with Crippen molar-refractivity contribution in [1.29, 1.82) is 0 Å². The van der Waals surface area contributed by atoms with Crippen molar-refractivity contribution in [1.82, 2.24) is 20.5 Å². The lowest BCUT2D eigenvalue weighted by Crippen LogP contribution is -2.49. The first-order valence-corrected chi connectivity index (χ1v) is 10.7. The van der Waals surface area contributed by atoms with Gasteiger partial charge in [0.05, 0.1) is 0 Å². The Labute approximate surface area is 185 Å². The predicted molar refractivity (Wildman–Crippen MR) is 117 cm³/mol. The molecule has 1 aromatic carbocycles. The summed E-state index contributed by atoms with van der Waals surface area (Å²) in [5, 5.41) is 4.54. The summed E-state index contributed by atoms with van der Waals surface area (Å²) < 4.78 is 14.8. The Kier molecular flexibility index (Phi) is 5.58. The van der Waals surface area contributed by atoms with E-state index >= 15 is 0 Å². The zero-order chi connectivity index (χ0) is 23.0. The van der Waals surface area contributed by atoms with Crippen LogP contribution in [0.15, 0.2) is 30.5 Å². The lowest BCUT2D eigenvalue weighted by molar-refractivity contribution is -0.123. The first-order valence-electron chi connectivity index (χ1n) is 10.7. The summed E-state index contributed by atoms with van der Waals surface area (Å²) in [4.78, 5) is 45.0. The van der Waals surface area contributed by atoms with Gasteiger partial charge in [-0.1, -0.05) is 19.1 Å². The third-order valence-corrected chi connectivity index (χ3v) is 6.18. The fraction of sp³-hybridized carbons (Fsp3) is 0.391. The molecular formula is C23H26FN5O3. The molecule has 0 aliphatic carbocycles. The van der Waals surface area contributed by atoms with E-state index in [4.69, 9.17) is 0 Å². The maximum absolute atomic E-state index is 14.8. The summed E-state index contributed by atoms with van der Waals surface area (Å²) in [6.07, 6.45) is 2.82. The third kappa shape index (κ3) is 3.79. The molecular weight excluding hydrogens is 413 g/mol. The van der Waals surface area contributed by atoms with Gasteiger partial charge in [0.25, 0.3) is 11.8 Å². The number of aromatic nitrogens is 1. The summed E-state index contributed by atoms with van der Waals surface area (Å²) >= 11 is 0. The molecule has 8 nitrogen and oxygen atoms in total. The fourth-order valence-electron chi connectivity index (χ4n) is 4.24. The van der Waals surface area contributed by atoms with Crippen LogP contribution in [0.5, 0.6) is 0 Å². The number of amides is 4. The number of nitrogens with one attached hydrogen (secondary N) is 2. The van der Waals surface area contributed by atoms with E-state index in [1.54, 1.807) is 4.90 Å². The van der Waals surface area contributed by atoms with Gasteiger partial charge in [-0.2, -0.15) is 0 Å². The number of carbonyl (C=O) groups is 3. The van der Waals surface area contributed by atoms with Crippen LogP contribution in [0.2, 0.25) is 0 Å². The van der Waals surface area contributed by atoms with Crippen molar-refractivity contribution in [2.75, 3.05) is 31.1 Å². The van der Waals surface area contributed by atoms with Crippen molar-refractivity contribution in [3.05, 3.63) is 58.5 Å². The second-order valence-electron chi connectivity index (χ2n) is 8.34. The molecule has 0 saturated carbocycles. The molecule has 0 bridgehead atoms. The Morgan fingerprint density at radius 3 is 2.47 bits per heavy atom. The fourth-order valence-corrected chi connectivity index (χ4v) is 4.24. The molecule has 4 amide bonds. The summed E-state index contributed by atoms with van der Waals surface area (Å²) in [6, 6.07) is 5.46. The van der Waals surface area contributed by atoms with Crippen LogP contribution in [-0.2, 0) is 16.8 Å². The standard InChI is InChI=1S/C23H26FN5O3/c1-4-15-11-14(2)19(25-13-15)28-7-9-29(10-8-28)20(30)16-5-6-17(18(24)12-16)23(3)21(31)26-22(32)27-23/h5-6,11-13H,4,7-10H2,1-3H3,(H2,26,27,31,32)/t23-/m0/s1. The minimum atomic E-state index is -1.51. The maximum atomic E-state index is 14.8. The van der Waals surface area contributed by atoms with E-state index < -0.39 is 23.3 Å². The molecule has 1 atom stereocenters. The number of pyridine rings is 1. The third-order valence-electron chi connectivity index (χ3n) is 6.18. The van der Waals surface area contributed by atoms with Crippen molar-refractivity contribution >= 4 is 23.7 Å². The second-order valence-corrected chi connectivity index (χ2v) is 8.34. The molecule has 3 heterocycles. The van der Waals surface area contributed by atoms with Gasteiger partial charge in [-0.25, -0.2) is 14.2 Å². The normalized spacial score (nSPS) is 20.9. The van der Waals surface area contributed by atoms with E-state index in [9.17, 15) is 18.8 Å². The number of benzene rings is 1. The smallest absolute Gasteiger partial charge is 0.322 e. The highest BCUT2D eigenvalue weighted by atomic mass is 19.1. The number of nitrogens with zero attached hydrogens (tertiary/aromatic N) is 3. The van der Waals surface area contributed by atoms with Crippen molar-refractivity contribution < 1.29 is 18.8 Å². The van der Waals surface area contributed by atoms with Crippen molar-refractivity contribution in [3.63, 3.8) is 0 Å². The molecule has 0 radical (unpaired) electrons. The van der Waals surface area contributed by atoms with Gasteiger partial charge < -0.3 is 15.1 Å². The molecule has 9 heteroatoms. The summed E-state index contributed by atoms with van der Waals surface area (Å²) in [6.45, 7) is 7.82. The van der Waals surface area contributed by atoms with Gasteiger partial charge in [-0.15, -0.1) is 0 Å². The minimum absolute atomic E-state index is 0.0132. The Bertz CT molecular complexity index is 1100. The Morgan fingerprint density at radius 2 is 1.91 bits per heavy atom. The molecule has 0 unspecified atom stereocenters. The molecule has 2 aliphatic heterocycles. The van der Waals surface area contributed by atoms with Gasteiger partial charge in [0.2, 0.25) is 0 Å². The zero-order valence-electron chi connectivity index (χ0n) is 18.4. The number of urea groups is 1. The average molecular weight is 439 g/mol. The van der Waals surface area contributed by atoms with Gasteiger partial charge in [0.1, 0.15) is 17.2 Å². The largest absolute Gasteiger partial charge is 0.353 e. The Hall–Kier alpha value is -3.49. The quantitative estimate of drug-likeness (QED) is 0.712. The lowest BCUT2D eigenvalue weighted by Gasteiger charge is -2.36. The Balaban J connectivity index is 1.45. The number of rotatable bonds is 4. The van der Waals surface area contributed by atoms with Crippen LogP contribution in [0.1, 0.15) is 40.9 Å². The number of carbonyl (C=O) groups excluding carboxylic acids is 3. The maximum Gasteiger partial charge on any atom is 0.322 e. The van der Waals surface area contributed by atoms with E-state index in [0.717, 1.165) is 23.9 Å². The van der Waals surface area contributed by atoms with Crippen molar-refractivity contribution in [2.24, 2.45) is 0 Å². The second kappa shape index (κ2) is 8.22. The summed E-state index contributed by atoms with van der Waals surface area (Å²) in [7, 11) is 0. The predicted octanol–water partition coefficient (Wildman–Crippen LogP) is 2.11. The van der Waals surface area contributed by atoms with Crippen LogP contribution in [-0.4, -0.2) is 53.9 Å². The number of hydrogen-bond acceptors (Lipinski definition) is 5. The topological polar surface area (TPSA) is 94.6 Å². The number of piperazine rings is 1. The number of halogens is 1. The summed E-state index contributed by atoms with van der Waals surface area (Å²) in [5.41, 5.74) is 1.01. The van der Waals surface area contributed by atoms with Gasteiger partial charge in [-0.05, 0) is 43.5 Å². The van der Waals surface area contributed by atoms with Crippen LogP contribution in [0.25, 0.3) is 0 Å². The molecule has 2 aromatic rings. The molecule has 0 spiro atoms. The van der Waals surface area contributed by atoms with Crippen LogP contribution in [0.4, 0.5) is 15.0 Å². The van der Waals surface area contributed by atoms with Gasteiger partial charge in [-0.3, -0.25) is 14.9 Å². The van der Waals surface area contributed by atoms with E-state index in [-0.39, 0.29) is 17.0 Å². The van der Waals surface area contributed by atoms with Crippen LogP contribution in [0, 0.1) is 12.7 Å². The first-order chi connectivity index (χ1) is 15.2. The molecule has 2 N–H and O–H groups in total. The molecule has 1 aromatic heterocycles. The zero-order valence-corrected chi connectivity index (χ0v) is 18.4. The SMILES string of the molecule is CCc1cnc(N2CCN(C(=O)c3ccc([C@]4(C)NC(=O)NC4=O)c(F)c3)CC2)c(C)c1. The number of aryl methyl sites for hydroxylation is 2. The highest BCUT2D eigenvalue weighted by molar-refractivity contribution is 6.07. The Morgan fingerprint density at radius 1 is 1.19 bits per heavy atom. The highest BCUT2D eigenvalue weighted by Crippen LogP contribution is 2.28. The molecule has 2 aliphatic rings. The van der Waals surface area contributed by atoms with Crippen LogP contribution >= 0.6 is 0 Å². The van der Waals surface area contributed by atoms with Gasteiger partial charge in [0.15, 0.2) is 0 Å². The van der Waals surface area contributed by atoms with E-state index in [1.807, 2.05) is 13.1 Å².